The molecular formula is C20H36O5. The zero-order valence-corrected chi connectivity index (χ0v) is 15.9. The summed E-state index contributed by atoms with van der Waals surface area (Å²) >= 11 is 0. The van der Waals surface area contributed by atoms with Crippen molar-refractivity contribution in [2.75, 3.05) is 13.2 Å². The van der Waals surface area contributed by atoms with Crippen molar-refractivity contribution in [1.29, 1.82) is 0 Å². The van der Waals surface area contributed by atoms with E-state index in [0.717, 1.165) is 32.1 Å². The molecule has 25 heavy (non-hydrogen) atoms. The molecule has 2 aliphatic carbocycles. The fourth-order valence-corrected chi connectivity index (χ4v) is 6.60. The molecule has 3 aliphatic rings. The van der Waals surface area contributed by atoms with Gasteiger partial charge >= 0.3 is 0 Å². The Labute approximate surface area is 151 Å². The van der Waals surface area contributed by atoms with Crippen molar-refractivity contribution < 1.29 is 25.2 Å². The fourth-order valence-electron chi connectivity index (χ4n) is 6.60. The maximum Gasteiger partial charge on any atom is 0.155 e. The third-order valence-corrected chi connectivity index (χ3v) is 8.32. The maximum atomic E-state index is 10.6. The first-order valence-electron chi connectivity index (χ1n) is 9.99. The zero-order valence-electron chi connectivity index (χ0n) is 15.9. The van der Waals surface area contributed by atoms with Crippen LogP contribution in [0.25, 0.3) is 0 Å². The van der Waals surface area contributed by atoms with E-state index in [4.69, 9.17) is 4.74 Å². The molecule has 5 heteroatoms. The summed E-state index contributed by atoms with van der Waals surface area (Å²) in [6.07, 6.45) is 4.23. The van der Waals surface area contributed by atoms with Gasteiger partial charge in [-0.3, -0.25) is 0 Å². The minimum atomic E-state index is -0.857. The van der Waals surface area contributed by atoms with Gasteiger partial charge in [-0.05, 0) is 56.3 Å². The largest absolute Gasteiger partial charge is 0.396 e. The molecule has 0 aromatic heterocycles. The van der Waals surface area contributed by atoms with Crippen molar-refractivity contribution in [1.82, 2.24) is 0 Å². The number of aliphatic hydroxyl groups excluding tert-OH is 4. The highest BCUT2D eigenvalue weighted by atomic mass is 16.6. The average Bonchev–Trinajstić information content (AvgIpc) is 2.76. The summed E-state index contributed by atoms with van der Waals surface area (Å²) in [7, 11) is 0. The number of ether oxygens (including phenoxy) is 1. The Bertz CT molecular complexity index is 485. The molecule has 0 aromatic rings. The van der Waals surface area contributed by atoms with Crippen LogP contribution in [0.3, 0.4) is 0 Å². The van der Waals surface area contributed by atoms with E-state index in [1.807, 2.05) is 6.92 Å². The van der Waals surface area contributed by atoms with E-state index in [2.05, 4.69) is 13.8 Å². The van der Waals surface area contributed by atoms with Gasteiger partial charge in [-0.1, -0.05) is 20.8 Å². The zero-order chi connectivity index (χ0) is 18.5. The summed E-state index contributed by atoms with van der Waals surface area (Å²) in [6, 6.07) is 0. The molecule has 8 atom stereocenters. The van der Waals surface area contributed by atoms with E-state index in [0.29, 0.717) is 18.8 Å². The molecule has 1 aliphatic heterocycles. The van der Waals surface area contributed by atoms with Crippen LogP contribution in [0.1, 0.15) is 65.7 Å². The van der Waals surface area contributed by atoms with Crippen molar-refractivity contribution in [2.24, 2.45) is 28.6 Å². The van der Waals surface area contributed by atoms with Gasteiger partial charge in [-0.15, -0.1) is 0 Å². The number of hydrogen-bond acceptors (Lipinski definition) is 5. The molecular weight excluding hydrogens is 320 g/mol. The Hall–Kier alpha value is -0.200. The van der Waals surface area contributed by atoms with Crippen LogP contribution >= 0.6 is 0 Å². The van der Waals surface area contributed by atoms with Gasteiger partial charge in [0.05, 0.1) is 18.3 Å². The Morgan fingerprint density at radius 3 is 2.36 bits per heavy atom. The third kappa shape index (κ3) is 2.78. The van der Waals surface area contributed by atoms with Gasteiger partial charge in [-0.2, -0.15) is 0 Å². The highest BCUT2D eigenvalue weighted by molar-refractivity contribution is 5.14. The van der Waals surface area contributed by atoms with Gasteiger partial charge in [0.2, 0.25) is 0 Å². The maximum absolute atomic E-state index is 10.6. The lowest BCUT2D eigenvalue weighted by Crippen LogP contribution is -2.67. The SMILES string of the molecule is C[C@H]1CC[C@H]2C(C)(CO)C(O)CC[C@]2(C)[C@@]12CC[C@H](CO)CC(O)O2. The lowest BCUT2D eigenvalue weighted by molar-refractivity contribution is -0.300. The molecule has 2 saturated carbocycles. The molecule has 1 saturated heterocycles. The highest BCUT2D eigenvalue weighted by Crippen LogP contribution is 2.65. The quantitative estimate of drug-likeness (QED) is 0.608. The Morgan fingerprint density at radius 2 is 1.72 bits per heavy atom. The number of aliphatic hydroxyl groups is 4. The van der Waals surface area contributed by atoms with Crippen LogP contribution < -0.4 is 0 Å². The van der Waals surface area contributed by atoms with Crippen molar-refractivity contribution in [3.05, 3.63) is 0 Å². The molecule has 0 bridgehead atoms. The average molecular weight is 357 g/mol. The third-order valence-electron chi connectivity index (χ3n) is 8.32. The Balaban J connectivity index is 2.03. The summed E-state index contributed by atoms with van der Waals surface area (Å²) in [5.74, 6) is 0.533. The van der Waals surface area contributed by atoms with E-state index in [1.54, 1.807) is 0 Å². The molecule has 0 radical (unpaired) electrons. The van der Waals surface area contributed by atoms with Crippen LogP contribution in [-0.2, 0) is 4.74 Å². The first-order chi connectivity index (χ1) is 11.7. The first-order valence-corrected chi connectivity index (χ1v) is 9.99. The van der Waals surface area contributed by atoms with Crippen LogP contribution in [0.2, 0.25) is 0 Å². The molecule has 4 N–H and O–H groups in total. The highest BCUT2D eigenvalue weighted by Gasteiger charge is 2.66. The van der Waals surface area contributed by atoms with Crippen LogP contribution in [0.5, 0.6) is 0 Å². The first kappa shape index (κ1) is 19.6. The van der Waals surface area contributed by atoms with Crippen molar-refractivity contribution in [3.8, 4) is 0 Å². The topological polar surface area (TPSA) is 90.2 Å². The predicted molar refractivity (Wildman–Crippen MR) is 94.7 cm³/mol. The molecule has 3 unspecified atom stereocenters. The summed E-state index contributed by atoms with van der Waals surface area (Å²) in [5, 5.41) is 40.9. The fraction of sp³-hybridized carbons (Fsp3) is 1.00. The van der Waals surface area contributed by atoms with E-state index >= 15 is 0 Å². The van der Waals surface area contributed by atoms with Gasteiger partial charge in [0, 0.05) is 23.9 Å². The van der Waals surface area contributed by atoms with Gasteiger partial charge in [-0.25, -0.2) is 0 Å². The van der Waals surface area contributed by atoms with Crippen LogP contribution in [0, 0.1) is 28.6 Å². The summed E-state index contributed by atoms with van der Waals surface area (Å²) in [4.78, 5) is 0. The normalized spacial score (nSPS) is 54.1. The van der Waals surface area contributed by atoms with Crippen LogP contribution in [-0.4, -0.2) is 51.6 Å². The number of rotatable bonds is 2. The van der Waals surface area contributed by atoms with Gasteiger partial charge in [0.25, 0.3) is 0 Å². The second kappa shape index (κ2) is 6.75. The van der Waals surface area contributed by atoms with Crippen LogP contribution in [0.4, 0.5) is 0 Å². The number of hydrogen-bond donors (Lipinski definition) is 4. The molecule has 1 spiro atoms. The van der Waals surface area contributed by atoms with Gasteiger partial charge in [0.1, 0.15) is 0 Å². The van der Waals surface area contributed by atoms with Crippen molar-refractivity contribution >= 4 is 0 Å². The minimum absolute atomic E-state index is 0.0271. The van der Waals surface area contributed by atoms with E-state index in [1.165, 1.54) is 0 Å². The van der Waals surface area contributed by atoms with Crippen molar-refractivity contribution in [2.45, 2.75) is 83.7 Å². The molecule has 3 fully saturated rings. The van der Waals surface area contributed by atoms with Crippen LogP contribution in [0.15, 0.2) is 0 Å². The second-order valence-corrected chi connectivity index (χ2v) is 9.45. The lowest BCUT2D eigenvalue weighted by Gasteiger charge is -2.65. The number of fused-ring (bicyclic) bond motifs is 2. The smallest absolute Gasteiger partial charge is 0.155 e. The van der Waals surface area contributed by atoms with E-state index in [9.17, 15) is 20.4 Å². The van der Waals surface area contributed by atoms with E-state index in [-0.39, 0.29) is 30.5 Å². The lowest BCUT2D eigenvalue weighted by atomic mass is 9.43. The van der Waals surface area contributed by atoms with Crippen molar-refractivity contribution in [3.63, 3.8) is 0 Å². The monoisotopic (exact) mass is 356 g/mol. The Kier molecular flexibility index (Phi) is 5.28. The predicted octanol–water partition coefficient (Wildman–Crippen LogP) is 2.06. The molecule has 146 valence electrons. The molecule has 0 amide bonds. The minimum Gasteiger partial charge on any atom is -0.396 e. The standard InChI is InChI=1S/C20H36O5/c1-13-4-5-15-18(2,12-22)16(23)7-8-19(15,3)20(13)9-6-14(11-21)10-17(24)25-20/h13-17,21-24H,4-12H2,1-3H3/t13-,14-,15-,16?,17?,18?,19-,20+/m0/s1. The van der Waals surface area contributed by atoms with Gasteiger partial charge < -0.3 is 25.2 Å². The summed E-state index contributed by atoms with van der Waals surface area (Å²) in [6.45, 7) is 6.53. The molecule has 3 rings (SSSR count). The van der Waals surface area contributed by atoms with E-state index < -0.39 is 23.4 Å². The second-order valence-electron chi connectivity index (χ2n) is 9.45. The molecule has 5 nitrogen and oxygen atoms in total. The molecule has 1 heterocycles. The molecule has 0 aromatic carbocycles. The Morgan fingerprint density at radius 1 is 1.00 bits per heavy atom. The summed E-state index contributed by atoms with van der Waals surface area (Å²) in [5.41, 5.74) is -1.19. The summed E-state index contributed by atoms with van der Waals surface area (Å²) < 4.78 is 6.41. The van der Waals surface area contributed by atoms with Gasteiger partial charge in [0.15, 0.2) is 6.29 Å².